The zero-order valence-electron chi connectivity index (χ0n) is 41.5. The van der Waals surface area contributed by atoms with Gasteiger partial charge in [0.2, 0.25) is 0 Å². The molecule has 0 aliphatic rings. The van der Waals surface area contributed by atoms with E-state index in [9.17, 15) is 77.8 Å². The third-order valence-electron chi connectivity index (χ3n) is 11.7. The van der Waals surface area contributed by atoms with Gasteiger partial charge >= 0.3 is 308 Å². The molecule has 11 rings (SSSR count). The maximum Gasteiger partial charge on any atom is 1.00 e. The molecule has 0 aliphatic carbocycles. The third kappa shape index (κ3) is 14.4. The molecule has 80 heavy (non-hydrogen) atoms. The predicted molar refractivity (Wildman–Crippen MR) is 252 cm³/mol. The molecule has 0 atom stereocenters. The summed E-state index contributed by atoms with van der Waals surface area (Å²) < 4.78 is 256. The van der Waals surface area contributed by atoms with Gasteiger partial charge in [-0.2, -0.15) is 0 Å². The van der Waals surface area contributed by atoms with Crippen LogP contribution in [0, 0.1) is 0 Å². The number of nitrogens with one attached hydrogen (secondary N) is 2. The van der Waals surface area contributed by atoms with Gasteiger partial charge in [0.25, 0.3) is 62.4 Å². The zero-order valence-corrected chi connectivity index (χ0v) is 65.1. The smallest absolute Gasteiger partial charge is 0.716 e. The van der Waals surface area contributed by atoms with Crippen molar-refractivity contribution in [3.63, 3.8) is 0 Å². The standard InChI is InChI=1S/C42H24N2O24S6.6K/c45-69(46,47)63-37-17-7-1-3-9-19(17)39(65-71(51,52)53)29-25(37)15-13-23-27-28-24-14-16-26-30(40(66-72(54,55)56)20-10-4-2-8-18(20)38(26)64-70(48,49)50)34(24)44-36(28)32-31(35(27)43-33(23)29)41(67-73(57,58)59)21-11-5-6-12-22(21)42(32)68-74(60,61)62;;;;;;/h1-16,43-44H,(H,45,46,47)(H,48,49,50)(H,51,52,53)(H,54,55,56)(H,57,58,59)(H,60,61,62);;;;;;/q;6*+1/p-6. The van der Waals surface area contributed by atoms with Crippen molar-refractivity contribution in [2.24, 2.45) is 0 Å². The van der Waals surface area contributed by atoms with Crippen LogP contribution in [0.25, 0.3) is 108 Å². The second-order valence-corrected chi connectivity index (χ2v) is 21.8. The van der Waals surface area contributed by atoms with Gasteiger partial charge < -0.3 is 62.4 Å². The first-order valence-corrected chi connectivity index (χ1v) is 28.0. The van der Waals surface area contributed by atoms with Gasteiger partial charge in [0, 0.05) is 64.6 Å². The molecule has 0 aliphatic heterocycles. The van der Waals surface area contributed by atoms with Crippen molar-refractivity contribution >= 4 is 171 Å². The summed E-state index contributed by atoms with van der Waals surface area (Å²) in [4.78, 5) is 5.82. The van der Waals surface area contributed by atoms with Gasteiger partial charge in [-0.25, -0.2) is 50.5 Å². The van der Waals surface area contributed by atoms with E-state index in [2.05, 4.69) is 9.97 Å². The van der Waals surface area contributed by atoms with Crippen molar-refractivity contribution in [3.8, 4) is 34.5 Å². The number of aromatic amines is 2. The molecule has 2 N–H and O–H groups in total. The molecule has 26 nitrogen and oxygen atoms in total. The van der Waals surface area contributed by atoms with Gasteiger partial charge in [-0.3, -0.25) is 0 Å². The van der Waals surface area contributed by atoms with E-state index >= 15 is 0 Å². The van der Waals surface area contributed by atoms with E-state index in [1.807, 2.05) is 0 Å². The van der Waals surface area contributed by atoms with Crippen LogP contribution in [-0.2, 0) is 62.4 Å². The SMILES string of the molecule is O=S(=O)([O-])Oc1c2ccccc2c(OS(=O)(=O)[O-])c2c1ccc1c2[nH]c2c3c(OS(=O)(=O)[O-])c4ccccc4c(OS(=O)(=O)[O-])c3c3[nH]c4c(ccc5c(OS(=O)(=O)[O-])c6ccccc6c(OS(=O)(=O)[O-])c54)c3c12.[K+].[K+].[K+].[K+].[K+].[K+]. The Kier molecular flexibility index (Phi) is 24.2. The quantitative estimate of drug-likeness (QED) is 0.0496. The third-order valence-corrected chi connectivity index (χ3v) is 13.9. The summed E-state index contributed by atoms with van der Waals surface area (Å²) in [6.45, 7) is 0. The van der Waals surface area contributed by atoms with Gasteiger partial charge in [-0.05, 0) is 12.1 Å². The Morgan fingerprint density at radius 2 is 0.438 bits per heavy atom. The number of hydrogen-bond donors (Lipinski definition) is 2. The molecule has 0 amide bonds. The Morgan fingerprint density at radius 3 is 0.675 bits per heavy atom. The molecule has 2 heterocycles. The fourth-order valence-corrected chi connectivity index (χ4v) is 11.9. The maximum atomic E-state index is 12.7. The van der Waals surface area contributed by atoms with E-state index in [0.717, 1.165) is 36.4 Å². The summed E-state index contributed by atoms with van der Waals surface area (Å²) in [5.41, 5.74) is -1.69. The van der Waals surface area contributed by atoms with Crippen LogP contribution >= 0.6 is 0 Å². The first kappa shape index (κ1) is 73.0. The van der Waals surface area contributed by atoms with Crippen LogP contribution in [0.5, 0.6) is 34.5 Å². The van der Waals surface area contributed by atoms with Gasteiger partial charge in [0.05, 0.1) is 43.6 Å². The van der Waals surface area contributed by atoms with E-state index in [0.29, 0.717) is 0 Å². The van der Waals surface area contributed by atoms with Crippen molar-refractivity contribution in [3.05, 3.63) is 97.1 Å². The van der Waals surface area contributed by atoms with Gasteiger partial charge in [-0.15, -0.1) is 0 Å². The summed E-state index contributed by atoms with van der Waals surface area (Å²) in [6, 6.07) is 19.1. The number of fused-ring (bicyclic) bond motifs is 17. The van der Waals surface area contributed by atoms with Crippen LogP contribution in [0.3, 0.4) is 0 Å². The minimum atomic E-state index is -5.90. The summed E-state index contributed by atoms with van der Waals surface area (Å²) in [5, 5.41) is -6.29. The topological polar surface area (TPSA) is 430 Å². The van der Waals surface area contributed by atoms with Crippen LogP contribution < -0.4 is 333 Å². The Labute approximate surface area is 706 Å². The zero-order chi connectivity index (χ0) is 53.0. The average molecular weight is 1360 g/mol. The molecule has 0 fully saturated rings. The largest absolute Gasteiger partial charge is 1.00 e. The Morgan fingerprint density at radius 1 is 0.237 bits per heavy atom. The van der Waals surface area contributed by atoms with E-state index in [1.54, 1.807) is 0 Å². The van der Waals surface area contributed by atoms with E-state index in [4.69, 9.17) is 25.1 Å². The van der Waals surface area contributed by atoms with Crippen LogP contribution in [0.2, 0.25) is 0 Å². The molecular weight excluding hydrogens is 1340 g/mol. The Balaban J connectivity index is 0.00000196. The van der Waals surface area contributed by atoms with E-state index in [1.165, 1.54) is 60.7 Å². The number of hydrogen-bond acceptors (Lipinski definition) is 24. The van der Waals surface area contributed by atoms with Crippen molar-refractivity contribution in [1.29, 1.82) is 0 Å². The second kappa shape index (κ2) is 26.6. The number of benzene rings is 9. The molecular formula is C42H18K6N2O24S6. The van der Waals surface area contributed by atoms with Gasteiger partial charge in [0.1, 0.15) is 0 Å². The molecule has 2 aromatic heterocycles. The van der Waals surface area contributed by atoms with Crippen molar-refractivity contribution < 1.29 is 411 Å². The molecule has 0 radical (unpaired) electrons. The summed E-state index contributed by atoms with van der Waals surface area (Å²) in [6.07, 6.45) is 0. The molecule has 0 unspecified atom stereocenters. The predicted octanol–water partition coefficient (Wildman–Crippen LogP) is -13.1. The van der Waals surface area contributed by atoms with Crippen molar-refractivity contribution in [1.82, 2.24) is 9.97 Å². The van der Waals surface area contributed by atoms with E-state index in [-0.39, 0.29) is 351 Å². The molecule has 0 bridgehead atoms. The average Bonchev–Trinajstić information content (AvgIpc) is 3.86. The minimum Gasteiger partial charge on any atom is -0.716 e. The number of H-pyrrole nitrogens is 2. The monoisotopic (exact) mass is 1360 g/mol. The molecule has 0 saturated carbocycles. The van der Waals surface area contributed by atoms with Crippen LogP contribution in [0.4, 0.5) is 0 Å². The summed E-state index contributed by atoms with van der Waals surface area (Å²) >= 11 is 0. The molecule has 0 spiro atoms. The number of rotatable bonds is 12. The first-order chi connectivity index (χ1) is 34.5. The van der Waals surface area contributed by atoms with Gasteiger partial charge in [-0.1, -0.05) is 84.9 Å². The van der Waals surface area contributed by atoms with Crippen LogP contribution in [0.15, 0.2) is 97.1 Å². The fraction of sp³-hybridized carbons (Fsp3) is 0. The maximum absolute atomic E-state index is 12.7. The van der Waals surface area contributed by atoms with Crippen molar-refractivity contribution in [2.45, 2.75) is 0 Å². The molecule has 38 heteroatoms. The molecule has 382 valence electrons. The molecule has 0 saturated heterocycles. The first-order valence-electron chi connectivity index (χ1n) is 20.0. The second-order valence-electron chi connectivity index (χ2n) is 15.9. The minimum absolute atomic E-state index is 0. The Hall–Kier alpha value is 2.22. The summed E-state index contributed by atoms with van der Waals surface area (Å²) in [5.74, 6) is -4.98. The Bertz CT molecular complexity index is 4850. The normalized spacial score (nSPS) is 12.4. The van der Waals surface area contributed by atoms with Crippen molar-refractivity contribution in [2.75, 3.05) is 0 Å². The molecule has 11 aromatic rings. The molecule has 9 aromatic carbocycles. The fourth-order valence-electron chi connectivity index (χ4n) is 9.58. The summed E-state index contributed by atoms with van der Waals surface area (Å²) in [7, 11) is -34.8. The van der Waals surface area contributed by atoms with E-state index < -0.39 is 162 Å². The van der Waals surface area contributed by atoms with Crippen LogP contribution in [-0.4, -0.2) is 87.8 Å². The van der Waals surface area contributed by atoms with Gasteiger partial charge in [0.15, 0.2) is 34.5 Å². The number of aromatic nitrogens is 2. The van der Waals surface area contributed by atoms with Crippen LogP contribution in [0.1, 0.15) is 0 Å².